The van der Waals surface area contributed by atoms with E-state index in [4.69, 9.17) is 9.47 Å². The van der Waals surface area contributed by atoms with Gasteiger partial charge in [0.2, 0.25) is 0 Å². The van der Waals surface area contributed by atoms with Crippen molar-refractivity contribution in [2.24, 2.45) is 29.1 Å². The summed E-state index contributed by atoms with van der Waals surface area (Å²) in [6, 6.07) is 0. The normalized spacial score (nSPS) is 30.1. The van der Waals surface area contributed by atoms with Gasteiger partial charge < -0.3 is 9.47 Å². The lowest BCUT2D eigenvalue weighted by molar-refractivity contribution is -0.159. The molecule has 0 aromatic carbocycles. The van der Waals surface area contributed by atoms with Gasteiger partial charge in [0.1, 0.15) is 13.2 Å². The predicted molar refractivity (Wildman–Crippen MR) is 128 cm³/mol. The first-order valence-corrected chi connectivity index (χ1v) is 13.9. The molecule has 37 heavy (non-hydrogen) atoms. The van der Waals surface area contributed by atoms with Crippen LogP contribution in [0.15, 0.2) is 11.6 Å². The zero-order chi connectivity index (χ0) is 27.3. The quantitative estimate of drug-likeness (QED) is 0.105. The molecule has 212 valence electrons. The van der Waals surface area contributed by atoms with E-state index < -0.39 is 22.4 Å². The maximum absolute atomic E-state index is 13.0. The lowest BCUT2D eigenvalue weighted by Crippen LogP contribution is -2.43. The van der Waals surface area contributed by atoms with Crippen molar-refractivity contribution in [3.05, 3.63) is 11.6 Å². The fraction of sp³-hybridized carbons (Fsp3) is 0.826. The molecule has 3 rings (SSSR count). The number of carbonyl (C=O) groups is 2. The van der Waals surface area contributed by atoms with Gasteiger partial charge in [0.05, 0.1) is 11.3 Å². The average Bonchev–Trinajstić information content (AvgIpc) is 3.26. The number of nitrogens with one attached hydrogen (secondary N) is 2. The Morgan fingerprint density at radius 1 is 1.00 bits per heavy atom. The third-order valence-electron chi connectivity index (χ3n) is 7.23. The summed E-state index contributed by atoms with van der Waals surface area (Å²) < 4.78 is 87.8. The first-order valence-electron chi connectivity index (χ1n) is 12.3. The van der Waals surface area contributed by atoms with E-state index in [9.17, 15) is 35.9 Å². The summed E-state index contributed by atoms with van der Waals surface area (Å²) >= 11 is -0.739. The van der Waals surface area contributed by atoms with Gasteiger partial charge in [0.25, 0.3) is 0 Å². The van der Waals surface area contributed by atoms with Crippen LogP contribution in [0.25, 0.3) is 0 Å². The minimum Gasteiger partial charge on any atom is -0.464 e. The van der Waals surface area contributed by atoms with E-state index in [0.717, 1.165) is 12.8 Å². The van der Waals surface area contributed by atoms with Crippen molar-refractivity contribution in [1.29, 1.82) is 0 Å². The second kappa shape index (κ2) is 12.8. The Labute approximate surface area is 220 Å². The van der Waals surface area contributed by atoms with Gasteiger partial charge in [0, 0.05) is 37.0 Å². The van der Waals surface area contributed by atoms with Crippen LogP contribution in [0.2, 0.25) is 0 Å². The molecule has 0 radical (unpaired) electrons. The first kappa shape index (κ1) is 30.4. The highest BCUT2D eigenvalue weighted by atomic mass is 32.2. The number of alkyl halides is 6. The molecule has 0 aromatic heterocycles. The molecular formula is C23H32F6N2O4S2. The van der Waals surface area contributed by atoms with Crippen LogP contribution in [0.4, 0.5) is 26.3 Å². The number of allylic oxidation sites excluding steroid dienone is 2. The van der Waals surface area contributed by atoms with Crippen LogP contribution in [0.1, 0.15) is 51.9 Å². The third-order valence-corrected chi connectivity index (χ3v) is 8.39. The molecule has 0 spiro atoms. The Morgan fingerprint density at radius 2 is 1.62 bits per heavy atom. The number of rotatable bonds is 11. The zero-order valence-corrected chi connectivity index (χ0v) is 22.0. The van der Waals surface area contributed by atoms with Crippen LogP contribution in [0, 0.1) is 29.1 Å². The third kappa shape index (κ3) is 9.24. The number of esters is 2. The summed E-state index contributed by atoms with van der Waals surface area (Å²) in [6.07, 6.45) is 6.90. The molecule has 6 nitrogen and oxygen atoms in total. The van der Waals surface area contributed by atoms with Crippen LogP contribution in [-0.2, 0) is 19.1 Å². The fourth-order valence-corrected chi connectivity index (χ4v) is 6.63. The van der Waals surface area contributed by atoms with E-state index in [1.54, 1.807) is 0 Å². The second-order valence-electron chi connectivity index (χ2n) is 9.98. The number of ether oxygens (including phenoxy) is 2. The Morgan fingerprint density at radius 3 is 2.24 bits per heavy atom. The first-order chi connectivity index (χ1) is 17.3. The van der Waals surface area contributed by atoms with Gasteiger partial charge in [0.15, 0.2) is 0 Å². The average molecular weight is 579 g/mol. The van der Waals surface area contributed by atoms with E-state index in [1.807, 2.05) is 6.92 Å². The zero-order valence-electron chi connectivity index (χ0n) is 20.4. The maximum atomic E-state index is 13.0. The van der Waals surface area contributed by atoms with Gasteiger partial charge in [-0.1, -0.05) is 18.6 Å². The van der Waals surface area contributed by atoms with Gasteiger partial charge in [-0.25, -0.2) is 0 Å². The predicted octanol–water partition coefficient (Wildman–Crippen LogP) is 5.76. The van der Waals surface area contributed by atoms with Gasteiger partial charge in [-0.15, -0.1) is 0 Å². The Kier molecular flexibility index (Phi) is 10.5. The Bertz CT molecular complexity index is 841. The number of hydrogen-bond donors (Lipinski definition) is 2. The van der Waals surface area contributed by atoms with Crippen LogP contribution in [0.5, 0.6) is 0 Å². The molecule has 0 saturated heterocycles. The van der Waals surface area contributed by atoms with Crippen molar-refractivity contribution in [2.45, 2.75) is 62.9 Å². The van der Waals surface area contributed by atoms with Crippen molar-refractivity contribution < 1.29 is 45.4 Å². The van der Waals surface area contributed by atoms with Crippen molar-refractivity contribution in [3.8, 4) is 0 Å². The minimum absolute atomic E-state index is 0.102. The fourth-order valence-electron chi connectivity index (χ4n) is 5.93. The molecule has 2 fully saturated rings. The molecule has 14 heteroatoms. The molecule has 3 aliphatic rings. The van der Waals surface area contributed by atoms with E-state index in [1.165, 1.54) is 5.57 Å². The van der Waals surface area contributed by atoms with Gasteiger partial charge >= 0.3 is 23.0 Å². The van der Waals surface area contributed by atoms with E-state index >= 15 is 0 Å². The molecule has 0 aliphatic heterocycles. The molecule has 5 unspecified atom stereocenters. The highest BCUT2D eigenvalue weighted by molar-refractivity contribution is 7.98. The highest BCUT2D eigenvalue weighted by Gasteiger charge is 2.50. The summed E-state index contributed by atoms with van der Waals surface area (Å²) in [5.41, 5.74) is -8.28. The summed E-state index contributed by atoms with van der Waals surface area (Å²) in [5.74, 6) is -0.407. The molecule has 0 heterocycles. The standard InChI is InChI=1S/C23H32F6N2O4S2/c1-14-10-17-13-21(12-14,20(33)35-9-7-31-37-23(27,28)29)5-4-18(17)15-2-3-16(11-15)19(32)34-8-6-30-36-22(24,25)26/h10,14-16,18,30-31H,2-9,11-13H2,1H3. The molecule has 0 aromatic rings. The summed E-state index contributed by atoms with van der Waals surface area (Å²) in [4.78, 5) is 25.4. The van der Waals surface area contributed by atoms with E-state index in [-0.39, 0.29) is 79.8 Å². The molecule has 2 N–H and O–H groups in total. The molecule has 5 atom stereocenters. The van der Waals surface area contributed by atoms with Crippen molar-refractivity contribution in [1.82, 2.24) is 9.44 Å². The summed E-state index contributed by atoms with van der Waals surface area (Å²) in [6.45, 7) is 1.55. The van der Waals surface area contributed by atoms with E-state index in [0.29, 0.717) is 32.1 Å². The number of fused-ring (bicyclic) bond motifs is 2. The van der Waals surface area contributed by atoms with Gasteiger partial charge in [-0.3, -0.25) is 19.0 Å². The molecular weight excluding hydrogens is 546 g/mol. The lowest BCUT2D eigenvalue weighted by Gasteiger charge is -2.46. The van der Waals surface area contributed by atoms with Crippen LogP contribution >= 0.6 is 23.9 Å². The minimum atomic E-state index is -4.40. The second-order valence-corrected chi connectivity index (χ2v) is 11.9. The monoisotopic (exact) mass is 578 g/mol. The van der Waals surface area contributed by atoms with Gasteiger partial charge in [-0.05, 0) is 62.7 Å². The van der Waals surface area contributed by atoms with Crippen LogP contribution in [0.3, 0.4) is 0 Å². The Hall–Kier alpha value is -1.12. The van der Waals surface area contributed by atoms with E-state index in [2.05, 4.69) is 15.5 Å². The largest absolute Gasteiger partial charge is 0.464 e. The SMILES string of the molecule is CC1C=C2CC(C(=O)OCCNSC(F)(F)F)(CCC2C2CCC(C(=O)OCCNSC(F)(F)F)C2)C1. The van der Waals surface area contributed by atoms with Crippen molar-refractivity contribution >= 4 is 35.8 Å². The van der Waals surface area contributed by atoms with Crippen LogP contribution < -0.4 is 9.44 Å². The van der Waals surface area contributed by atoms with Crippen molar-refractivity contribution in [2.75, 3.05) is 26.3 Å². The number of carbonyl (C=O) groups excluding carboxylic acids is 2. The topological polar surface area (TPSA) is 76.7 Å². The maximum Gasteiger partial charge on any atom is 0.456 e. The smallest absolute Gasteiger partial charge is 0.456 e. The Balaban J connectivity index is 1.46. The number of halogens is 6. The van der Waals surface area contributed by atoms with Gasteiger partial charge in [-0.2, -0.15) is 26.3 Å². The number of hydrogen-bond acceptors (Lipinski definition) is 8. The highest BCUT2D eigenvalue weighted by Crippen LogP contribution is 2.55. The van der Waals surface area contributed by atoms with Crippen molar-refractivity contribution in [3.63, 3.8) is 0 Å². The molecule has 2 saturated carbocycles. The lowest BCUT2D eigenvalue weighted by atomic mass is 9.58. The molecule has 3 aliphatic carbocycles. The summed E-state index contributed by atoms with van der Waals surface area (Å²) in [7, 11) is 0. The molecule has 2 bridgehead atoms. The molecule has 0 amide bonds. The van der Waals surface area contributed by atoms with Crippen LogP contribution in [-0.4, -0.2) is 49.3 Å². The summed E-state index contributed by atoms with van der Waals surface area (Å²) in [5, 5.41) is 0.